The molecule has 1 heterocycles. The number of hydrogen-bond acceptors (Lipinski definition) is 4. The minimum Gasteiger partial charge on any atom is -0.353 e. The number of hydrogen-bond donors (Lipinski definition) is 1. The zero-order chi connectivity index (χ0) is 9.52. The third kappa shape index (κ3) is 3.33. The minimum absolute atomic E-state index is 0.144. The van der Waals surface area contributed by atoms with Gasteiger partial charge in [0.1, 0.15) is 19.2 Å². The molecule has 0 saturated carbocycles. The van der Waals surface area contributed by atoms with Crippen LogP contribution in [0.5, 0.6) is 0 Å². The van der Waals surface area contributed by atoms with E-state index in [-0.39, 0.29) is 12.5 Å². The Hall–Kier alpha value is -1.90. The van der Waals surface area contributed by atoms with Crippen LogP contribution in [0.2, 0.25) is 0 Å². The maximum atomic E-state index is 11.1. The summed E-state index contributed by atoms with van der Waals surface area (Å²) in [7, 11) is 0. The predicted octanol–water partition coefficient (Wildman–Crippen LogP) is -0.692. The number of rotatable bonds is 4. The average molecular weight is 179 g/mol. The summed E-state index contributed by atoms with van der Waals surface area (Å²) in [5, 5.41) is 14.5. The van der Waals surface area contributed by atoms with Crippen LogP contribution in [0.25, 0.3) is 0 Å². The van der Waals surface area contributed by atoms with Gasteiger partial charge in [0.25, 0.3) is 0 Å². The van der Waals surface area contributed by atoms with Crippen molar-refractivity contribution in [1.29, 1.82) is 5.26 Å². The summed E-state index contributed by atoms with van der Waals surface area (Å²) in [6.07, 6.45) is 3.15. The molecule has 0 aliphatic heterocycles. The SMILES string of the molecule is N#CCCNC(=O)Cn1cncn1. The van der Waals surface area contributed by atoms with Gasteiger partial charge in [-0.3, -0.25) is 4.79 Å². The Bertz CT molecular complexity index is 299. The van der Waals surface area contributed by atoms with Crippen LogP contribution in [0.4, 0.5) is 0 Å². The highest BCUT2D eigenvalue weighted by Gasteiger charge is 2.00. The van der Waals surface area contributed by atoms with E-state index in [0.717, 1.165) is 0 Å². The summed E-state index contributed by atoms with van der Waals surface area (Å²) >= 11 is 0. The number of carbonyl (C=O) groups is 1. The molecule has 0 saturated heterocycles. The van der Waals surface area contributed by atoms with E-state index >= 15 is 0 Å². The van der Waals surface area contributed by atoms with E-state index in [1.807, 2.05) is 6.07 Å². The molecule has 0 atom stereocenters. The first-order valence-electron chi connectivity index (χ1n) is 3.79. The third-order valence-corrected chi connectivity index (χ3v) is 1.33. The second-order valence-corrected chi connectivity index (χ2v) is 2.35. The lowest BCUT2D eigenvalue weighted by Crippen LogP contribution is -2.28. The van der Waals surface area contributed by atoms with Crippen molar-refractivity contribution in [3.63, 3.8) is 0 Å². The molecule has 1 N–H and O–H groups in total. The molecule has 1 aromatic heterocycles. The molecule has 1 aromatic rings. The van der Waals surface area contributed by atoms with Crippen LogP contribution >= 0.6 is 0 Å². The quantitative estimate of drug-likeness (QED) is 0.620. The molecule has 13 heavy (non-hydrogen) atoms. The molecule has 1 rings (SSSR count). The molecule has 0 spiro atoms. The van der Waals surface area contributed by atoms with Crippen molar-refractivity contribution in [3.05, 3.63) is 12.7 Å². The highest BCUT2D eigenvalue weighted by atomic mass is 16.2. The standard InChI is InChI=1S/C7H9N5O/c8-2-1-3-10-7(13)4-12-6-9-5-11-12/h5-6H,1,3-4H2,(H,10,13). The first kappa shape index (κ1) is 9.19. The van der Waals surface area contributed by atoms with Gasteiger partial charge in [0.05, 0.1) is 12.5 Å². The lowest BCUT2D eigenvalue weighted by molar-refractivity contribution is -0.121. The van der Waals surface area contributed by atoms with Crippen molar-refractivity contribution in [3.8, 4) is 6.07 Å². The fourth-order valence-electron chi connectivity index (χ4n) is 0.775. The number of nitriles is 1. The average Bonchev–Trinajstić information content (AvgIpc) is 2.57. The van der Waals surface area contributed by atoms with E-state index in [9.17, 15) is 4.79 Å². The first-order chi connectivity index (χ1) is 6.33. The highest BCUT2D eigenvalue weighted by Crippen LogP contribution is 1.80. The second kappa shape index (κ2) is 4.87. The number of aromatic nitrogens is 3. The van der Waals surface area contributed by atoms with Crippen molar-refractivity contribution in [1.82, 2.24) is 20.1 Å². The van der Waals surface area contributed by atoms with E-state index in [4.69, 9.17) is 5.26 Å². The summed E-state index contributed by atoms with van der Waals surface area (Å²) in [5.41, 5.74) is 0. The molecule has 1 amide bonds. The number of nitrogens with one attached hydrogen (secondary N) is 1. The maximum Gasteiger partial charge on any atom is 0.241 e. The molecule has 68 valence electrons. The van der Waals surface area contributed by atoms with E-state index in [0.29, 0.717) is 13.0 Å². The lowest BCUT2D eigenvalue weighted by Gasteiger charge is -2.01. The number of carbonyl (C=O) groups excluding carboxylic acids is 1. The fourth-order valence-corrected chi connectivity index (χ4v) is 0.775. The smallest absolute Gasteiger partial charge is 0.241 e. The van der Waals surface area contributed by atoms with Gasteiger partial charge in [-0.25, -0.2) is 9.67 Å². The van der Waals surface area contributed by atoms with Crippen molar-refractivity contribution >= 4 is 5.91 Å². The van der Waals surface area contributed by atoms with Crippen LogP contribution in [-0.4, -0.2) is 27.2 Å². The van der Waals surface area contributed by atoms with Crippen molar-refractivity contribution in [2.45, 2.75) is 13.0 Å². The van der Waals surface area contributed by atoms with Crippen LogP contribution in [0.15, 0.2) is 12.7 Å². The molecule has 0 aliphatic carbocycles. The van der Waals surface area contributed by atoms with Crippen LogP contribution in [-0.2, 0) is 11.3 Å². The fraction of sp³-hybridized carbons (Fsp3) is 0.429. The Labute approximate surface area is 75.2 Å². The molecule has 6 heteroatoms. The molecular weight excluding hydrogens is 170 g/mol. The molecule has 0 aliphatic rings. The molecule has 6 nitrogen and oxygen atoms in total. The summed E-state index contributed by atoms with van der Waals surface area (Å²) < 4.78 is 1.42. The predicted molar refractivity (Wildman–Crippen MR) is 43.3 cm³/mol. The van der Waals surface area contributed by atoms with E-state index < -0.39 is 0 Å². The summed E-state index contributed by atoms with van der Waals surface area (Å²) in [5.74, 6) is -0.166. The van der Waals surface area contributed by atoms with Crippen LogP contribution < -0.4 is 5.32 Å². The van der Waals surface area contributed by atoms with Crippen molar-refractivity contribution in [2.24, 2.45) is 0 Å². The second-order valence-electron chi connectivity index (χ2n) is 2.35. The van der Waals surface area contributed by atoms with Gasteiger partial charge < -0.3 is 5.32 Å². The Kier molecular flexibility index (Phi) is 3.45. The van der Waals surface area contributed by atoms with E-state index in [1.54, 1.807) is 0 Å². The van der Waals surface area contributed by atoms with Gasteiger partial charge in [0, 0.05) is 6.54 Å². The van der Waals surface area contributed by atoms with Crippen LogP contribution in [0, 0.1) is 11.3 Å². The molecular formula is C7H9N5O. The zero-order valence-electron chi connectivity index (χ0n) is 6.97. The first-order valence-corrected chi connectivity index (χ1v) is 3.79. The number of amides is 1. The molecule has 0 radical (unpaired) electrons. The van der Waals surface area contributed by atoms with Gasteiger partial charge in [-0.05, 0) is 0 Å². The summed E-state index contributed by atoms with van der Waals surface area (Å²) in [6.45, 7) is 0.523. The van der Waals surface area contributed by atoms with Gasteiger partial charge in [-0.15, -0.1) is 0 Å². The zero-order valence-corrected chi connectivity index (χ0v) is 6.97. The summed E-state index contributed by atoms with van der Waals surface area (Å²) in [4.78, 5) is 14.8. The molecule has 0 aromatic carbocycles. The Balaban J connectivity index is 2.23. The normalized spacial score (nSPS) is 9.15. The Morgan fingerprint density at radius 2 is 2.54 bits per heavy atom. The highest BCUT2D eigenvalue weighted by molar-refractivity contribution is 5.75. The summed E-state index contributed by atoms with van der Waals surface area (Å²) in [6, 6.07) is 1.93. The van der Waals surface area contributed by atoms with Crippen LogP contribution in [0.1, 0.15) is 6.42 Å². The van der Waals surface area contributed by atoms with Gasteiger partial charge in [0.2, 0.25) is 5.91 Å². The minimum atomic E-state index is -0.166. The van der Waals surface area contributed by atoms with Gasteiger partial charge in [-0.2, -0.15) is 10.4 Å². The van der Waals surface area contributed by atoms with Gasteiger partial charge in [-0.1, -0.05) is 0 Å². The van der Waals surface area contributed by atoms with E-state index in [1.165, 1.54) is 17.3 Å². The van der Waals surface area contributed by atoms with Crippen molar-refractivity contribution < 1.29 is 4.79 Å². The Morgan fingerprint density at radius 1 is 1.69 bits per heavy atom. The number of nitrogens with zero attached hydrogens (tertiary/aromatic N) is 4. The lowest BCUT2D eigenvalue weighted by atomic mass is 10.4. The Morgan fingerprint density at radius 3 is 3.15 bits per heavy atom. The van der Waals surface area contributed by atoms with Crippen molar-refractivity contribution in [2.75, 3.05) is 6.54 Å². The maximum absolute atomic E-state index is 11.1. The molecule has 0 unspecified atom stereocenters. The van der Waals surface area contributed by atoms with Gasteiger partial charge in [0.15, 0.2) is 0 Å². The van der Waals surface area contributed by atoms with Gasteiger partial charge >= 0.3 is 0 Å². The molecule has 0 fully saturated rings. The monoisotopic (exact) mass is 179 g/mol. The molecule has 0 bridgehead atoms. The van der Waals surface area contributed by atoms with E-state index in [2.05, 4.69) is 15.4 Å². The largest absolute Gasteiger partial charge is 0.353 e. The van der Waals surface area contributed by atoms with Crippen LogP contribution in [0.3, 0.4) is 0 Å². The third-order valence-electron chi connectivity index (χ3n) is 1.33. The topological polar surface area (TPSA) is 83.6 Å².